The van der Waals surface area contributed by atoms with Crippen LogP contribution in [0.5, 0.6) is 0 Å². The Hall–Kier alpha value is -3.48. The van der Waals surface area contributed by atoms with Crippen molar-refractivity contribution in [2.24, 2.45) is 5.73 Å². The predicted octanol–water partition coefficient (Wildman–Crippen LogP) is -3.25. The molecule has 0 bridgehead atoms. The zero-order valence-corrected chi connectivity index (χ0v) is 16.1. The molecule has 2 rings (SSSR count). The number of aromatic amines is 1. The minimum atomic E-state index is -1.28. The van der Waals surface area contributed by atoms with Gasteiger partial charge in [0.05, 0.1) is 18.8 Å². The highest BCUT2D eigenvalue weighted by molar-refractivity contribution is 5.96. The molecular weight excluding hydrogens is 398 g/mol. The zero-order chi connectivity index (χ0) is 22.1. The van der Waals surface area contributed by atoms with Gasteiger partial charge in [-0.3, -0.25) is 24.0 Å². The Morgan fingerprint density at radius 2 is 1.97 bits per heavy atom. The normalized spacial score (nSPS) is 17.5. The monoisotopic (exact) mass is 423 g/mol. The Morgan fingerprint density at radius 1 is 1.20 bits per heavy atom. The number of amides is 4. The lowest BCUT2D eigenvalue weighted by molar-refractivity contribution is -0.138. The number of nitrogens with two attached hydrogens (primary N) is 1. The molecule has 1 fully saturated rings. The van der Waals surface area contributed by atoms with Crippen molar-refractivity contribution in [1.29, 1.82) is 0 Å². The number of hydrogen-bond donors (Lipinski definition) is 7. The number of imidazole rings is 1. The summed E-state index contributed by atoms with van der Waals surface area (Å²) >= 11 is 0. The molecule has 13 heteroatoms. The SMILES string of the molecule is NC(=O)CC(NC(=O)C1CCCN1)C(=O)NC(Cc1cnc[nH]1)C(=O)NCC(=O)O. The molecule has 4 amide bonds. The molecule has 0 radical (unpaired) electrons. The number of aromatic nitrogens is 2. The van der Waals surface area contributed by atoms with Crippen LogP contribution in [0.3, 0.4) is 0 Å². The summed E-state index contributed by atoms with van der Waals surface area (Å²) in [7, 11) is 0. The number of carboxylic acids is 1. The van der Waals surface area contributed by atoms with Crippen molar-refractivity contribution in [2.45, 2.75) is 43.8 Å². The Labute approximate surface area is 171 Å². The number of H-pyrrole nitrogens is 1. The number of hydrogen-bond acceptors (Lipinski definition) is 7. The molecule has 1 aliphatic rings. The highest BCUT2D eigenvalue weighted by Crippen LogP contribution is 2.06. The van der Waals surface area contributed by atoms with Crippen molar-refractivity contribution in [1.82, 2.24) is 31.2 Å². The van der Waals surface area contributed by atoms with Crippen molar-refractivity contribution in [3.05, 3.63) is 18.2 Å². The lowest BCUT2D eigenvalue weighted by Gasteiger charge is -2.23. The van der Waals surface area contributed by atoms with Crippen molar-refractivity contribution < 1.29 is 29.1 Å². The Kier molecular flexibility index (Phi) is 8.29. The van der Waals surface area contributed by atoms with E-state index in [9.17, 15) is 24.0 Å². The van der Waals surface area contributed by atoms with Crippen LogP contribution in [0, 0.1) is 0 Å². The van der Waals surface area contributed by atoms with Gasteiger partial charge in [0.15, 0.2) is 0 Å². The van der Waals surface area contributed by atoms with Gasteiger partial charge in [0.2, 0.25) is 23.6 Å². The molecule has 0 aromatic carbocycles. The van der Waals surface area contributed by atoms with Gasteiger partial charge in [0.25, 0.3) is 0 Å². The number of primary amides is 1. The average Bonchev–Trinajstić information content (AvgIpc) is 3.38. The van der Waals surface area contributed by atoms with E-state index in [1.54, 1.807) is 0 Å². The number of carboxylic acid groups (broad SMARTS) is 1. The summed E-state index contributed by atoms with van der Waals surface area (Å²) in [4.78, 5) is 66.2. The maximum atomic E-state index is 12.7. The van der Waals surface area contributed by atoms with Crippen LogP contribution in [0.4, 0.5) is 0 Å². The summed E-state index contributed by atoms with van der Waals surface area (Å²) in [6.45, 7) is 0.0315. The van der Waals surface area contributed by atoms with E-state index in [1.165, 1.54) is 12.5 Å². The van der Waals surface area contributed by atoms with E-state index in [-0.39, 0.29) is 6.42 Å². The quantitative estimate of drug-likeness (QED) is 0.192. The minimum Gasteiger partial charge on any atom is -0.480 e. The van der Waals surface area contributed by atoms with Gasteiger partial charge >= 0.3 is 5.97 Å². The molecule has 164 valence electrons. The molecule has 13 nitrogen and oxygen atoms in total. The largest absolute Gasteiger partial charge is 0.480 e. The highest BCUT2D eigenvalue weighted by Gasteiger charge is 2.31. The minimum absolute atomic E-state index is 0.0153. The van der Waals surface area contributed by atoms with Crippen LogP contribution >= 0.6 is 0 Å². The number of nitrogens with zero attached hydrogens (tertiary/aromatic N) is 1. The molecule has 3 atom stereocenters. The number of carbonyl (C=O) groups excluding carboxylic acids is 4. The van der Waals surface area contributed by atoms with Gasteiger partial charge in [-0.05, 0) is 19.4 Å². The Morgan fingerprint density at radius 3 is 2.53 bits per heavy atom. The Bertz CT molecular complexity index is 776. The van der Waals surface area contributed by atoms with E-state index < -0.39 is 60.7 Å². The topological polar surface area (TPSA) is 208 Å². The first-order valence-electron chi connectivity index (χ1n) is 9.35. The number of rotatable bonds is 11. The molecule has 30 heavy (non-hydrogen) atoms. The van der Waals surface area contributed by atoms with Gasteiger partial charge in [-0.25, -0.2) is 4.98 Å². The van der Waals surface area contributed by atoms with Crippen molar-refractivity contribution in [3.8, 4) is 0 Å². The van der Waals surface area contributed by atoms with E-state index in [4.69, 9.17) is 10.8 Å². The molecule has 1 aliphatic heterocycles. The van der Waals surface area contributed by atoms with Crippen LogP contribution in [0.2, 0.25) is 0 Å². The van der Waals surface area contributed by atoms with Crippen LogP contribution in [-0.4, -0.2) is 75.9 Å². The fourth-order valence-corrected chi connectivity index (χ4v) is 2.97. The molecule has 3 unspecified atom stereocenters. The van der Waals surface area contributed by atoms with Gasteiger partial charge in [0, 0.05) is 18.3 Å². The summed E-state index contributed by atoms with van der Waals surface area (Å²) < 4.78 is 0. The molecule has 0 saturated carbocycles. The van der Waals surface area contributed by atoms with Gasteiger partial charge in [0.1, 0.15) is 18.6 Å². The molecule has 0 spiro atoms. The van der Waals surface area contributed by atoms with Gasteiger partial charge < -0.3 is 37.1 Å². The molecule has 8 N–H and O–H groups in total. The van der Waals surface area contributed by atoms with Crippen LogP contribution in [-0.2, 0) is 30.4 Å². The first-order valence-corrected chi connectivity index (χ1v) is 9.35. The van der Waals surface area contributed by atoms with E-state index in [0.717, 1.165) is 6.42 Å². The van der Waals surface area contributed by atoms with Crippen molar-refractivity contribution in [3.63, 3.8) is 0 Å². The fourth-order valence-electron chi connectivity index (χ4n) is 2.97. The van der Waals surface area contributed by atoms with E-state index in [0.29, 0.717) is 18.7 Å². The van der Waals surface area contributed by atoms with E-state index in [2.05, 4.69) is 31.2 Å². The second kappa shape index (κ2) is 10.9. The summed E-state index contributed by atoms with van der Waals surface area (Å²) in [5.41, 5.74) is 5.71. The molecule has 1 saturated heterocycles. The van der Waals surface area contributed by atoms with E-state index >= 15 is 0 Å². The van der Waals surface area contributed by atoms with Crippen LogP contribution in [0.25, 0.3) is 0 Å². The van der Waals surface area contributed by atoms with Crippen LogP contribution in [0.15, 0.2) is 12.5 Å². The van der Waals surface area contributed by atoms with Gasteiger partial charge in [-0.2, -0.15) is 0 Å². The zero-order valence-electron chi connectivity index (χ0n) is 16.1. The third-order valence-corrected chi connectivity index (χ3v) is 4.44. The average molecular weight is 423 g/mol. The van der Waals surface area contributed by atoms with Gasteiger partial charge in [-0.1, -0.05) is 0 Å². The maximum Gasteiger partial charge on any atom is 0.322 e. The first kappa shape index (κ1) is 22.8. The highest BCUT2D eigenvalue weighted by atomic mass is 16.4. The second-order valence-electron chi connectivity index (χ2n) is 6.83. The summed E-state index contributed by atoms with van der Waals surface area (Å²) in [6, 6.07) is -2.93. The van der Waals surface area contributed by atoms with Crippen molar-refractivity contribution >= 4 is 29.6 Å². The van der Waals surface area contributed by atoms with E-state index in [1.807, 2.05) is 0 Å². The van der Waals surface area contributed by atoms with Gasteiger partial charge in [-0.15, -0.1) is 0 Å². The lowest BCUT2D eigenvalue weighted by Crippen LogP contribution is -2.57. The molecule has 1 aromatic rings. The molecular formula is C17H25N7O6. The second-order valence-corrected chi connectivity index (χ2v) is 6.83. The summed E-state index contributed by atoms with van der Waals surface area (Å²) in [6.07, 6.45) is 3.75. The predicted molar refractivity (Wildman–Crippen MR) is 102 cm³/mol. The van der Waals surface area contributed by atoms with Crippen molar-refractivity contribution in [2.75, 3.05) is 13.1 Å². The Balaban J connectivity index is 2.08. The third kappa shape index (κ3) is 7.16. The standard InChI is InChI=1S/C17H25N7O6/c18-13(25)5-12(24-16(29)10-2-1-3-20-10)17(30)23-11(4-9-6-19-8-22-9)15(28)21-7-14(26)27/h6,8,10-12,20H,1-5,7H2,(H2,18,25)(H,19,22)(H,21,28)(H,23,30)(H,24,29)(H,26,27). The maximum absolute atomic E-state index is 12.7. The van der Waals surface area contributed by atoms with Crippen LogP contribution < -0.4 is 27.0 Å². The molecule has 1 aromatic heterocycles. The first-order chi connectivity index (χ1) is 14.3. The summed E-state index contributed by atoms with van der Waals surface area (Å²) in [5, 5.41) is 18.8. The number of carbonyl (C=O) groups is 5. The number of aliphatic carboxylic acids is 1. The number of nitrogens with one attached hydrogen (secondary N) is 5. The van der Waals surface area contributed by atoms with Crippen LogP contribution in [0.1, 0.15) is 25.0 Å². The molecule has 0 aliphatic carbocycles. The lowest BCUT2D eigenvalue weighted by atomic mass is 10.1. The summed E-state index contributed by atoms with van der Waals surface area (Å²) in [5.74, 6) is -4.06. The fraction of sp³-hybridized carbons (Fsp3) is 0.529. The third-order valence-electron chi connectivity index (χ3n) is 4.44. The molecule has 2 heterocycles. The smallest absolute Gasteiger partial charge is 0.322 e.